The molecule has 1 amide bonds. The Kier molecular flexibility index (Phi) is 5.77. The molecule has 3 nitrogen and oxygen atoms in total. The number of hydrogen-bond donors (Lipinski definition) is 2. The Morgan fingerprint density at radius 1 is 1.42 bits per heavy atom. The fraction of sp³-hybridized carbons (Fsp3) is 0.462. The van der Waals surface area contributed by atoms with E-state index < -0.39 is 5.82 Å². The number of nitrogens with one attached hydrogen (secondary N) is 2. The van der Waals surface area contributed by atoms with Crippen LogP contribution in [-0.4, -0.2) is 24.5 Å². The second-order valence-corrected chi connectivity index (χ2v) is 5.80. The van der Waals surface area contributed by atoms with Crippen molar-refractivity contribution < 1.29 is 9.18 Å². The molecule has 1 aromatic rings. The Labute approximate surface area is 126 Å². The molecule has 0 bridgehead atoms. The highest BCUT2D eigenvalue weighted by Gasteiger charge is 2.29. The first-order valence-corrected chi connectivity index (χ1v) is 6.78. The van der Waals surface area contributed by atoms with Gasteiger partial charge in [0, 0.05) is 10.0 Å². The summed E-state index contributed by atoms with van der Waals surface area (Å²) in [5, 5.41) is 6.18. The van der Waals surface area contributed by atoms with E-state index in [2.05, 4.69) is 26.6 Å². The van der Waals surface area contributed by atoms with E-state index >= 15 is 0 Å². The highest BCUT2D eigenvalue weighted by atomic mass is 79.9. The van der Waals surface area contributed by atoms with E-state index in [0.29, 0.717) is 4.47 Å². The molecule has 0 saturated carbocycles. The topological polar surface area (TPSA) is 41.1 Å². The number of carbonyl (C=O) groups is 1. The van der Waals surface area contributed by atoms with Crippen molar-refractivity contribution >= 4 is 34.2 Å². The average Bonchev–Trinajstić information content (AvgIpc) is 2.28. The lowest BCUT2D eigenvalue weighted by atomic mass is 9.90. The van der Waals surface area contributed by atoms with E-state index in [4.69, 9.17) is 0 Å². The molecule has 1 aliphatic rings. The van der Waals surface area contributed by atoms with Crippen LogP contribution in [0.1, 0.15) is 30.1 Å². The minimum atomic E-state index is -0.501. The van der Waals surface area contributed by atoms with Gasteiger partial charge in [0.2, 0.25) is 0 Å². The van der Waals surface area contributed by atoms with Crippen LogP contribution in [0.25, 0.3) is 0 Å². The van der Waals surface area contributed by atoms with Crippen molar-refractivity contribution in [1.82, 2.24) is 10.6 Å². The molecular weight excluding hydrogens is 335 g/mol. The van der Waals surface area contributed by atoms with Crippen LogP contribution in [0.2, 0.25) is 0 Å². The standard InChI is InChI=1S/C13H16BrFN2O.ClH/c1-13(4-6-16-7-5-13)17-12(18)10-3-2-9(14)8-11(10)15;/h2-3,8,16H,4-7H2,1H3,(H,17,18);1H. The molecule has 0 atom stereocenters. The van der Waals surface area contributed by atoms with Crippen molar-refractivity contribution in [3.8, 4) is 0 Å². The minimum absolute atomic E-state index is 0. The zero-order valence-electron chi connectivity index (χ0n) is 10.6. The quantitative estimate of drug-likeness (QED) is 0.860. The number of rotatable bonds is 2. The summed E-state index contributed by atoms with van der Waals surface area (Å²) in [7, 11) is 0. The summed E-state index contributed by atoms with van der Waals surface area (Å²) in [4.78, 5) is 12.1. The average molecular weight is 352 g/mol. The predicted octanol–water partition coefficient (Wildman–Crippen LogP) is 2.88. The Morgan fingerprint density at radius 2 is 2.05 bits per heavy atom. The minimum Gasteiger partial charge on any atom is -0.347 e. The first kappa shape index (κ1) is 16.4. The molecular formula is C13H17BrClFN2O. The smallest absolute Gasteiger partial charge is 0.254 e. The molecule has 1 aliphatic heterocycles. The maximum Gasteiger partial charge on any atom is 0.254 e. The molecule has 1 aromatic carbocycles. The Balaban J connectivity index is 0.00000180. The third-order valence-electron chi connectivity index (χ3n) is 3.30. The van der Waals surface area contributed by atoms with Gasteiger partial charge < -0.3 is 10.6 Å². The van der Waals surface area contributed by atoms with Gasteiger partial charge in [-0.1, -0.05) is 15.9 Å². The molecule has 1 heterocycles. The molecule has 2 rings (SSSR count). The van der Waals surface area contributed by atoms with Crippen LogP contribution in [0.15, 0.2) is 22.7 Å². The van der Waals surface area contributed by atoms with Gasteiger partial charge in [0.05, 0.1) is 5.56 Å². The Morgan fingerprint density at radius 3 is 2.63 bits per heavy atom. The maximum atomic E-state index is 13.7. The van der Waals surface area contributed by atoms with Crippen molar-refractivity contribution in [3.05, 3.63) is 34.1 Å². The van der Waals surface area contributed by atoms with E-state index in [-0.39, 0.29) is 29.4 Å². The number of carbonyl (C=O) groups excluding carboxylic acids is 1. The molecule has 0 aromatic heterocycles. The van der Waals surface area contributed by atoms with E-state index in [1.54, 1.807) is 6.07 Å². The van der Waals surface area contributed by atoms with Crippen LogP contribution in [0.3, 0.4) is 0 Å². The molecule has 2 N–H and O–H groups in total. The SMILES string of the molecule is CC1(NC(=O)c2ccc(Br)cc2F)CCNCC1.Cl. The van der Waals surface area contributed by atoms with Crippen LogP contribution >= 0.6 is 28.3 Å². The van der Waals surface area contributed by atoms with Crippen molar-refractivity contribution in [1.29, 1.82) is 0 Å². The maximum absolute atomic E-state index is 13.7. The molecule has 0 unspecified atom stereocenters. The number of benzene rings is 1. The van der Waals surface area contributed by atoms with Gasteiger partial charge in [-0.2, -0.15) is 0 Å². The summed E-state index contributed by atoms with van der Waals surface area (Å²) in [5.74, 6) is -0.844. The molecule has 1 fully saturated rings. The fourth-order valence-electron chi connectivity index (χ4n) is 2.12. The zero-order valence-corrected chi connectivity index (χ0v) is 13.0. The molecule has 6 heteroatoms. The van der Waals surface area contributed by atoms with Crippen molar-refractivity contribution in [3.63, 3.8) is 0 Å². The van der Waals surface area contributed by atoms with Crippen molar-refractivity contribution in [2.45, 2.75) is 25.3 Å². The normalized spacial score (nSPS) is 17.4. The lowest BCUT2D eigenvalue weighted by molar-refractivity contribution is 0.0883. The first-order chi connectivity index (χ1) is 8.50. The number of amides is 1. The number of halogens is 3. The van der Waals surface area contributed by atoms with Gasteiger partial charge in [-0.3, -0.25) is 4.79 Å². The van der Waals surface area contributed by atoms with Gasteiger partial charge in [0.15, 0.2) is 0 Å². The summed E-state index contributed by atoms with van der Waals surface area (Å²) >= 11 is 3.17. The van der Waals surface area contributed by atoms with E-state index in [9.17, 15) is 9.18 Å². The summed E-state index contributed by atoms with van der Waals surface area (Å²) < 4.78 is 14.3. The first-order valence-electron chi connectivity index (χ1n) is 5.98. The highest BCUT2D eigenvalue weighted by molar-refractivity contribution is 9.10. The number of piperidine rings is 1. The third kappa shape index (κ3) is 4.16. The van der Waals surface area contributed by atoms with Gasteiger partial charge in [-0.15, -0.1) is 12.4 Å². The van der Waals surface area contributed by atoms with Crippen LogP contribution in [0.4, 0.5) is 4.39 Å². The van der Waals surface area contributed by atoms with Crippen LogP contribution in [0.5, 0.6) is 0 Å². The third-order valence-corrected chi connectivity index (χ3v) is 3.79. The van der Waals surface area contributed by atoms with Crippen molar-refractivity contribution in [2.24, 2.45) is 0 Å². The fourth-order valence-corrected chi connectivity index (χ4v) is 2.45. The van der Waals surface area contributed by atoms with Gasteiger partial charge in [0.25, 0.3) is 5.91 Å². The van der Waals surface area contributed by atoms with Crippen LogP contribution < -0.4 is 10.6 Å². The molecule has 19 heavy (non-hydrogen) atoms. The monoisotopic (exact) mass is 350 g/mol. The summed E-state index contributed by atoms with van der Waals surface area (Å²) in [6.45, 7) is 3.75. The highest BCUT2D eigenvalue weighted by Crippen LogP contribution is 2.20. The second-order valence-electron chi connectivity index (χ2n) is 4.89. The predicted molar refractivity (Wildman–Crippen MR) is 79.3 cm³/mol. The lowest BCUT2D eigenvalue weighted by Gasteiger charge is -2.35. The summed E-state index contributed by atoms with van der Waals surface area (Å²) in [5.41, 5.74) is -0.153. The van der Waals surface area contributed by atoms with E-state index in [0.717, 1.165) is 25.9 Å². The van der Waals surface area contributed by atoms with Gasteiger partial charge in [0.1, 0.15) is 5.82 Å². The zero-order chi connectivity index (χ0) is 13.2. The van der Waals surface area contributed by atoms with Gasteiger partial charge >= 0.3 is 0 Å². The van der Waals surface area contributed by atoms with E-state index in [1.165, 1.54) is 12.1 Å². The summed E-state index contributed by atoms with van der Waals surface area (Å²) in [6, 6.07) is 4.47. The van der Waals surface area contributed by atoms with Gasteiger partial charge in [-0.05, 0) is 51.1 Å². The molecule has 106 valence electrons. The molecule has 1 saturated heterocycles. The summed E-state index contributed by atoms with van der Waals surface area (Å²) in [6.07, 6.45) is 1.72. The van der Waals surface area contributed by atoms with Crippen molar-refractivity contribution in [2.75, 3.05) is 13.1 Å². The van der Waals surface area contributed by atoms with Gasteiger partial charge in [-0.25, -0.2) is 4.39 Å². The Hall–Kier alpha value is -0.650. The van der Waals surface area contributed by atoms with Crippen LogP contribution in [0, 0.1) is 5.82 Å². The number of hydrogen-bond acceptors (Lipinski definition) is 2. The largest absolute Gasteiger partial charge is 0.347 e. The Bertz CT molecular complexity index is 464. The van der Waals surface area contributed by atoms with Crippen LogP contribution in [-0.2, 0) is 0 Å². The molecule has 0 radical (unpaired) electrons. The molecule has 0 aliphatic carbocycles. The van der Waals surface area contributed by atoms with E-state index in [1.807, 2.05) is 6.92 Å². The second kappa shape index (κ2) is 6.68. The lowest BCUT2D eigenvalue weighted by Crippen LogP contribution is -2.52. The molecule has 0 spiro atoms.